The van der Waals surface area contributed by atoms with E-state index in [0.29, 0.717) is 12.2 Å². The molecule has 4 heteroatoms. The lowest BCUT2D eigenvalue weighted by atomic mass is 9.96. The van der Waals surface area contributed by atoms with Crippen LogP contribution in [0.15, 0.2) is 18.2 Å². The molecule has 0 aliphatic carbocycles. The van der Waals surface area contributed by atoms with Crippen molar-refractivity contribution in [3.05, 3.63) is 29.6 Å². The highest BCUT2D eigenvalue weighted by molar-refractivity contribution is 5.74. The summed E-state index contributed by atoms with van der Waals surface area (Å²) in [4.78, 5) is 11.9. The van der Waals surface area contributed by atoms with E-state index in [-0.39, 0.29) is 24.3 Å². The van der Waals surface area contributed by atoms with Gasteiger partial charge >= 0.3 is 5.97 Å². The van der Waals surface area contributed by atoms with Gasteiger partial charge in [-0.15, -0.1) is 0 Å². The van der Waals surface area contributed by atoms with Gasteiger partial charge in [0.25, 0.3) is 0 Å². The molecule has 1 aromatic rings. The largest absolute Gasteiger partial charge is 0.492 e. The van der Waals surface area contributed by atoms with Gasteiger partial charge in [-0.1, -0.05) is 0 Å². The van der Waals surface area contributed by atoms with Crippen molar-refractivity contribution in [2.75, 3.05) is 6.61 Å². The third-order valence-corrected chi connectivity index (χ3v) is 2.67. The Morgan fingerprint density at radius 1 is 1.44 bits per heavy atom. The Balaban J connectivity index is 2.09. The Labute approximate surface area is 106 Å². The van der Waals surface area contributed by atoms with E-state index >= 15 is 0 Å². The van der Waals surface area contributed by atoms with Gasteiger partial charge in [-0.3, -0.25) is 4.79 Å². The molecule has 0 N–H and O–H groups in total. The van der Waals surface area contributed by atoms with Gasteiger partial charge in [0.05, 0.1) is 5.92 Å². The molecule has 1 aromatic carbocycles. The van der Waals surface area contributed by atoms with Crippen LogP contribution in [0.2, 0.25) is 0 Å². The first-order valence-corrected chi connectivity index (χ1v) is 5.99. The highest BCUT2D eigenvalue weighted by Crippen LogP contribution is 2.29. The summed E-state index contributed by atoms with van der Waals surface area (Å²) in [5.41, 5.74) is 0.205. The minimum absolute atomic E-state index is 0.285. The van der Waals surface area contributed by atoms with Crippen molar-refractivity contribution >= 4 is 5.97 Å². The SMILES string of the molecule is CC(C)(C)OC(=O)C1COc2ccc(F)cc2C1. The van der Waals surface area contributed by atoms with E-state index < -0.39 is 5.60 Å². The molecule has 18 heavy (non-hydrogen) atoms. The molecule has 0 fully saturated rings. The lowest BCUT2D eigenvalue weighted by Gasteiger charge is -2.27. The van der Waals surface area contributed by atoms with Crippen molar-refractivity contribution in [1.29, 1.82) is 0 Å². The van der Waals surface area contributed by atoms with Crippen LogP contribution in [-0.2, 0) is 16.0 Å². The van der Waals surface area contributed by atoms with Crippen LogP contribution in [0.1, 0.15) is 26.3 Å². The van der Waals surface area contributed by atoms with E-state index in [2.05, 4.69) is 0 Å². The molecular weight excluding hydrogens is 235 g/mol. The van der Waals surface area contributed by atoms with Gasteiger partial charge in [-0.05, 0) is 51.0 Å². The molecule has 3 nitrogen and oxygen atoms in total. The van der Waals surface area contributed by atoms with E-state index in [1.54, 1.807) is 6.07 Å². The van der Waals surface area contributed by atoms with Crippen molar-refractivity contribution in [1.82, 2.24) is 0 Å². The second-order valence-corrected chi connectivity index (χ2v) is 5.50. The molecule has 2 rings (SSSR count). The van der Waals surface area contributed by atoms with Crippen LogP contribution in [0.3, 0.4) is 0 Å². The summed E-state index contributed by atoms with van der Waals surface area (Å²) >= 11 is 0. The van der Waals surface area contributed by atoms with Gasteiger partial charge in [0.15, 0.2) is 0 Å². The molecule has 0 radical (unpaired) electrons. The van der Waals surface area contributed by atoms with Crippen LogP contribution in [0.5, 0.6) is 5.75 Å². The van der Waals surface area contributed by atoms with E-state index in [0.717, 1.165) is 5.56 Å². The van der Waals surface area contributed by atoms with Crippen molar-refractivity contribution < 1.29 is 18.7 Å². The standard InChI is InChI=1S/C14H17FO3/c1-14(2,3)18-13(16)10-6-9-7-11(15)4-5-12(9)17-8-10/h4-5,7,10H,6,8H2,1-3H3. The zero-order valence-corrected chi connectivity index (χ0v) is 10.8. The van der Waals surface area contributed by atoms with E-state index in [4.69, 9.17) is 9.47 Å². The van der Waals surface area contributed by atoms with Gasteiger partial charge in [0.2, 0.25) is 0 Å². The third-order valence-electron chi connectivity index (χ3n) is 2.67. The van der Waals surface area contributed by atoms with Gasteiger partial charge in [-0.2, -0.15) is 0 Å². The molecule has 0 saturated heterocycles. The predicted molar refractivity (Wildman–Crippen MR) is 64.9 cm³/mol. The van der Waals surface area contributed by atoms with Crippen LogP contribution < -0.4 is 4.74 Å². The van der Waals surface area contributed by atoms with Crippen LogP contribution in [0.25, 0.3) is 0 Å². The second-order valence-electron chi connectivity index (χ2n) is 5.50. The third kappa shape index (κ3) is 3.00. The summed E-state index contributed by atoms with van der Waals surface area (Å²) in [5.74, 6) is -0.325. The van der Waals surface area contributed by atoms with E-state index in [9.17, 15) is 9.18 Å². The predicted octanol–water partition coefficient (Wildman–Crippen LogP) is 2.72. The van der Waals surface area contributed by atoms with Crippen LogP contribution in [0.4, 0.5) is 4.39 Å². The van der Waals surface area contributed by atoms with Crippen molar-refractivity contribution in [2.24, 2.45) is 5.92 Å². The van der Waals surface area contributed by atoms with Gasteiger partial charge in [-0.25, -0.2) is 4.39 Å². The van der Waals surface area contributed by atoms with Crippen molar-refractivity contribution in [3.8, 4) is 5.75 Å². The molecule has 98 valence electrons. The average Bonchev–Trinajstić information content (AvgIpc) is 2.25. The summed E-state index contributed by atoms with van der Waals surface area (Å²) in [7, 11) is 0. The number of ether oxygens (including phenoxy) is 2. The van der Waals surface area contributed by atoms with Crippen molar-refractivity contribution in [3.63, 3.8) is 0 Å². The highest BCUT2D eigenvalue weighted by atomic mass is 19.1. The first-order chi connectivity index (χ1) is 8.35. The fourth-order valence-corrected chi connectivity index (χ4v) is 1.90. The summed E-state index contributed by atoms with van der Waals surface area (Å²) in [6.07, 6.45) is 0.460. The molecule has 0 saturated carbocycles. The molecule has 1 atom stereocenters. The maximum absolute atomic E-state index is 13.1. The van der Waals surface area contributed by atoms with E-state index in [1.165, 1.54) is 12.1 Å². The lowest BCUT2D eigenvalue weighted by Crippen LogP contribution is -2.34. The molecule has 1 aliphatic rings. The zero-order valence-electron chi connectivity index (χ0n) is 10.8. The summed E-state index contributed by atoms with van der Waals surface area (Å²) < 4.78 is 23.9. The number of rotatable bonds is 1. The minimum Gasteiger partial charge on any atom is -0.492 e. The number of fused-ring (bicyclic) bond motifs is 1. The number of hydrogen-bond acceptors (Lipinski definition) is 3. The lowest BCUT2D eigenvalue weighted by molar-refractivity contribution is -0.161. The Morgan fingerprint density at radius 2 is 2.17 bits per heavy atom. The maximum atomic E-state index is 13.1. The van der Waals surface area contributed by atoms with Crippen LogP contribution in [-0.4, -0.2) is 18.2 Å². The summed E-state index contributed by atoms with van der Waals surface area (Å²) in [5, 5.41) is 0. The monoisotopic (exact) mass is 252 g/mol. The normalized spacial score (nSPS) is 18.8. The topological polar surface area (TPSA) is 35.5 Å². The molecule has 0 spiro atoms. The molecule has 1 aliphatic heterocycles. The van der Waals surface area contributed by atoms with Crippen molar-refractivity contribution in [2.45, 2.75) is 32.8 Å². The first kappa shape index (κ1) is 12.9. The maximum Gasteiger partial charge on any atom is 0.313 e. The Kier molecular flexibility index (Phi) is 3.28. The van der Waals surface area contributed by atoms with Gasteiger partial charge < -0.3 is 9.47 Å². The molecule has 0 amide bonds. The minimum atomic E-state index is -0.515. The number of esters is 1. The number of hydrogen-bond donors (Lipinski definition) is 0. The van der Waals surface area contributed by atoms with E-state index in [1.807, 2.05) is 20.8 Å². The number of carbonyl (C=O) groups excluding carboxylic acids is 1. The highest BCUT2D eigenvalue weighted by Gasteiger charge is 2.30. The molecule has 1 heterocycles. The number of carbonyl (C=O) groups is 1. The van der Waals surface area contributed by atoms with Gasteiger partial charge in [0.1, 0.15) is 23.8 Å². The summed E-state index contributed by atoms with van der Waals surface area (Å²) in [6, 6.07) is 4.36. The smallest absolute Gasteiger partial charge is 0.313 e. The van der Waals surface area contributed by atoms with Gasteiger partial charge in [0, 0.05) is 0 Å². The molecule has 0 bridgehead atoms. The number of halogens is 1. The molecular formula is C14H17FO3. The fraction of sp³-hybridized carbons (Fsp3) is 0.500. The van der Waals surface area contributed by atoms with Crippen LogP contribution >= 0.6 is 0 Å². The first-order valence-electron chi connectivity index (χ1n) is 5.99. The molecule has 1 unspecified atom stereocenters. The Morgan fingerprint density at radius 3 is 2.83 bits per heavy atom. The second kappa shape index (κ2) is 4.59. The Hall–Kier alpha value is -1.58. The number of benzene rings is 1. The molecule has 0 aromatic heterocycles. The summed E-state index contributed by atoms with van der Waals surface area (Å²) in [6.45, 7) is 5.75. The zero-order chi connectivity index (χ0) is 13.3. The van der Waals surface area contributed by atoms with Crippen LogP contribution in [0, 0.1) is 11.7 Å². The fourth-order valence-electron chi connectivity index (χ4n) is 1.90. The average molecular weight is 252 g/mol. The quantitative estimate of drug-likeness (QED) is 0.721. The Bertz CT molecular complexity index is 463.